The number of nitrogens with zero attached hydrogens (tertiary/aromatic N) is 4. The summed E-state index contributed by atoms with van der Waals surface area (Å²) in [6, 6.07) is 58.7. The zero-order valence-electron chi connectivity index (χ0n) is 27.4. The lowest BCUT2D eigenvalue weighted by Crippen LogP contribution is -1.96. The Morgan fingerprint density at radius 1 is 0.392 bits per heavy atom. The number of rotatable bonds is 4. The maximum atomic E-state index is 5.26. The highest BCUT2D eigenvalue weighted by Gasteiger charge is 2.17. The summed E-state index contributed by atoms with van der Waals surface area (Å²) in [7, 11) is 0. The maximum Gasteiger partial charge on any atom is 0.159 e. The molecule has 0 aliphatic carbocycles. The van der Waals surface area contributed by atoms with Gasteiger partial charge in [-0.1, -0.05) is 109 Å². The molecular formula is C46H28N4S. The number of hydrogen-bond acceptors (Lipinski definition) is 3. The second-order valence-corrected chi connectivity index (χ2v) is 14.1. The van der Waals surface area contributed by atoms with Gasteiger partial charge in [0.15, 0.2) is 5.82 Å². The van der Waals surface area contributed by atoms with Gasteiger partial charge in [0.2, 0.25) is 0 Å². The minimum absolute atomic E-state index is 0.722. The molecule has 0 aliphatic heterocycles. The van der Waals surface area contributed by atoms with E-state index < -0.39 is 0 Å². The Hall–Kier alpha value is -6.56. The predicted molar refractivity (Wildman–Crippen MR) is 214 cm³/mol. The monoisotopic (exact) mass is 668 g/mol. The van der Waals surface area contributed by atoms with E-state index in [1.807, 2.05) is 6.20 Å². The number of hydrogen-bond donors (Lipinski definition) is 0. The average molecular weight is 669 g/mol. The predicted octanol–water partition coefficient (Wildman–Crippen LogP) is 12.4. The van der Waals surface area contributed by atoms with Crippen LogP contribution < -0.4 is 0 Å². The summed E-state index contributed by atoms with van der Waals surface area (Å²) in [6.45, 7) is 0. The Morgan fingerprint density at radius 2 is 1.00 bits per heavy atom. The van der Waals surface area contributed by atoms with Gasteiger partial charge in [-0.25, -0.2) is 9.97 Å². The normalized spacial score (nSPS) is 11.9. The molecule has 5 heteroatoms. The van der Waals surface area contributed by atoms with Crippen molar-refractivity contribution in [3.63, 3.8) is 0 Å². The van der Waals surface area contributed by atoms with Crippen LogP contribution in [0.3, 0.4) is 0 Å². The quantitative estimate of drug-likeness (QED) is 0.187. The van der Waals surface area contributed by atoms with Crippen molar-refractivity contribution in [2.45, 2.75) is 0 Å². The minimum Gasteiger partial charge on any atom is -0.309 e. The van der Waals surface area contributed by atoms with Gasteiger partial charge in [0.1, 0.15) is 0 Å². The van der Waals surface area contributed by atoms with Crippen LogP contribution in [0.15, 0.2) is 170 Å². The summed E-state index contributed by atoms with van der Waals surface area (Å²) in [4.78, 5) is 10.2. The van der Waals surface area contributed by atoms with Crippen molar-refractivity contribution in [3.05, 3.63) is 170 Å². The third kappa shape index (κ3) is 4.32. The zero-order valence-corrected chi connectivity index (χ0v) is 28.2. The maximum absolute atomic E-state index is 5.26. The Bertz CT molecular complexity index is 3090. The first-order valence-electron chi connectivity index (χ1n) is 17.2. The fraction of sp³-hybridized carbons (Fsp3) is 0. The standard InChI is InChI=1S/C46H28N4S/c1-2-11-29(12-3-1)30-21-23-37-36-17-6-9-20-41(36)50(42(37)26-30)33-22-24-43-38(27-33)45-44(51-43)28-47-46(48-45)31-13-10-14-32(25-31)49-39-18-7-4-15-34(39)35-16-5-8-19-40(35)49/h1-28H. The van der Waals surface area contributed by atoms with E-state index in [2.05, 4.69) is 173 Å². The van der Waals surface area contributed by atoms with Crippen LogP contribution in [0.5, 0.6) is 0 Å². The van der Waals surface area contributed by atoms with Crippen LogP contribution in [0, 0.1) is 0 Å². The summed E-state index contributed by atoms with van der Waals surface area (Å²) >= 11 is 1.74. The molecule has 0 radical (unpaired) electrons. The molecule has 7 aromatic carbocycles. The summed E-state index contributed by atoms with van der Waals surface area (Å²) < 4.78 is 7.02. The highest BCUT2D eigenvalue weighted by atomic mass is 32.1. The molecule has 0 fully saturated rings. The first-order chi connectivity index (χ1) is 25.3. The van der Waals surface area contributed by atoms with E-state index in [0.717, 1.165) is 38.4 Å². The number of aromatic nitrogens is 4. The van der Waals surface area contributed by atoms with Crippen LogP contribution in [-0.2, 0) is 0 Å². The van der Waals surface area contributed by atoms with Crippen molar-refractivity contribution < 1.29 is 0 Å². The lowest BCUT2D eigenvalue weighted by atomic mass is 10.0. The van der Waals surface area contributed by atoms with Crippen LogP contribution in [0.1, 0.15) is 0 Å². The van der Waals surface area contributed by atoms with E-state index >= 15 is 0 Å². The van der Waals surface area contributed by atoms with Gasteiger partial charge in [0, 0.05) is 54.8 Å². The number of benzene rings is 7. The molecule has 0 aliphatic rings. The van der Waals surface area contributed by atoms with Gasteiger partial charge in [-0.15, -0.1) is 11.3 Å². The molecule has 0 saturated heterocycles. The van der Waals surface area contributed by atoms with Gasteiger partial charge in [0.05, 0.1) is 32.3 Å². The van der Waals surface area contributed by atoms with E-state index in [1.165, 1.54) is 59.4 Å². The lowest BCUT2D eigenvalue weighted by molar-refractivity contribution is 1.17. The van der Waals surface area contributed by atoms with Gasteiger partial charge in [-0.05, 0) is 65.7 Å². The summed E-state index contributed by atoms with van der Waals surface area (Å²) in [5, 5.41) is 6.12. The molecule has 0 saturated carbocycles. The van der Waals surface area contributed by atoms with Crippen molar-refractivity contribution in [1.82, 2.24) is 19.1 Å². The average Bonchev–Trinajstić information content (AvgIpc) is 3.85. The Balaban J connectivity index is 1.08. The Labute approximate surface area is 297 Å². The van der Waals surface area contributed by atoms with Crippen molar-refractivity contribution in [2.75, 3.05) is 0 Å². The molecule has 0 atom stereocenters. The molecule has 0 bridgehead atoms. The SMILES string of the molecule is c1ccc(-c2ccc3c4ccccc4n(-c4ccc5sc6cnc(-c7cccc(-n8c9ccccc9c9ccccc98)c7)nc6c5c4)c3c2)cc1. The fourth-order valence-corrected chi connectivity index (χ4v) is 8.87. The molecule has 0 amide bonds. The van der Waals surface area contributed by atoms with Crippen LogP contribution in [0.4, 0.5) is 0 Å². The largest absolute Gasteiger partial charge is 0.309 e. The highest BCUT2D eigenvalue weighted by Crippen LogP contribution is 2.39. The van der Waals surface area contributed by atoms with Gasteiger partial charge in [-0.3, -0.25) is 0 Å². The van der Waals surface area contributed by atoms with Crippen molar-refractivity contribution >= 4 is 75.3 Å². The Kier molecular flexibility index (Phi) is 6.09. The molecule has 4 heterocycles. The smallest absolute Gasteiger partial charge is 0.159 e. The molecule has 4 aromatic heterocycles. The van der Waals surface area contributed by atoms with E-state index in [1.54, 1.807) is 11.3 Å². The van der Waals surface area contributed by atoms with E-state index in [4.69, 9.17) is 9.97 Å². The van der Waals surface area contributed by atoms with Gasteiger partial charge >= 0.3 is 0 Å². The van der Waals surface area contributed by atoms with Crippen molar-refractivity contribution in [2.24, 2.45) is 0 Å². The number of para-hydroxylation sites is 3. The molecule has 0 unspecified atom stereocenters. The molecule has 0 N–H and O–H groups in total. The van der Waals surface area contributed by atoms with Crippen LogP contribution >= 0.6 is 11.3 Å². The van der Waals surface area contributed by atoms with E-state index in [-0.39, 0.29) is 0 Å². The van der Waals surface area contributed by atoms with Crippen LogP contribution in [-0.4, -0.2) is 19.1 Å². The molecule has 4 nitrogen and oxygen atoms in total. The molecule has 11 rings (SSSR count). The summed E-state index contributed by atoms with van der Waals surface area (Å²) in [6.07, 6.45) is 1.99. The molecule has 11 aromatic rings. The lowest BCUT2D eigenvalue weighted by Gasteiger charge is -2.10. The number of fused-ring (bicyclic) bond motifs is 9. The third-order valence-electron chi connectivity index (χ3n) is 10.2. The van der Waals surface area contributed by atoms with E-state index in [9.17, 15) is 0 Å². The topological polar surface area (TPSA) is 35.6 Å². The summed E-state index contributed by atoms with van der Waals surface area (Å²) in [5.41, 5.74) is 11.3. The van der Waals surface area contributed by atoms with Gasteiger partial charge < -0.3 is 9.13 Å². The molecular weight excluding hydrogens is 641 g/mol. The highest BCUT2D eigenvalue weighted by molar-refractivity contribution is 7.25. The second-order valence-electron chi connectivity index (χ2n) is 13.1. The summed E-state index contributed by atoms with van der Waals surface area (Å²) in [5.74, 6) is 0.722. The molecule has 51 heavy (non-hydrogen) atoms. The Morgan fingerprint density at radius 3 is 1.73 bits per heavy atom. The van der Waals surface area contributed by atoms with E-state index in [0.29, 0.717) is 0 Å². The van der Waals surface area contributed by atoms with Crippen molar-refractivity contribution in [1.29, 1.82) is 0 Å². The second kappa shape index (κ2) is 11.0. The van der Waals surface area contributed by atoms with Gasteiger partial charge in [-0.2, -0.15) is 0 Å². The van der Waals surface area contributed by atoms with Crippen molar-refractivity contribution in [3.8, 4) is 33.9 Å². The fourth-order valence-electron chi connectivity index (χ4n) is 7.87. The first kappa shape index (κ1) is 28.3. The van der Waals surface area contributed by atoms with Crippen LogP contribution in [0.2, 0.25) is 0 Å². The molecule has 0 spiro atoms. The molecule has 238 valence electrons. The first-order valence-corrected chi connectivity index (χ1v) is 18.0. The minimum atomic E-state index is 0.722. The third-order valence-corrected chi connectivity index (χ3v) is 11.3. The zero-order chi connectivity index (χ0) is 33.5. The number of thiophene rings is 1. The van der Waals surface area contributed by atoms with Crippen LogP contribution in [0.25, 0.3) is 97.8 Å². The van der Waals surface area contributed by atoms with Gasteiger partial charge in [0.25, 0.3) is 0 Å².